The third-order valence-electron chi connectivity index (χ3n) is 5.03. The first-order valence-corrected chi connectivity index (χ1v) is 8.34. The number of fused-ring (bicyclic) bond motifs is 1. The Hall–Kier alpha value is -1.68. The minimum atomic E-state index is -0.0634. The zero-order valence-electron chi connectivity index (χ0n) is 12.7. The average Bonchev–Trinajstić information content (AvgIpc) is 2.92. The second-order valence-electron chi connectivity index (χ2n) is 6.34. The van der Waals surface area contributed by atoms with Crippen molar-refractivity contribution in [3.8, 4) is 0 Å². The molecular weight excluding hydrogens is 298 g/mol. The van der Waals surface area contributed by atoms with E-state index in [4.69, 9.17) is 11.6 Å². The Balaban J connectivity index is 1.75. The van der Waals surface area contributed by atoms with E-state index in [9.17, 15) is 4.79 Å². The Kier molecular flexibility index (Phi) is 3.30. The van der Waals surface area contributed by atoms with Gasteiger partial charge in [0, 0.05) is 31.4 Å². The van der Waals surface area contributed by atoms with Gasteiger partial charge in [-0.15, -0.1) is 0 Å². The summed E-state index contributed by atoms with van der Waals surface area (Å²) in [4.78, 5) is 16.6. The van der Waals surface area contributed by atoms with E-state index < -0.39 is 0 Å². The van der Waals surface area contributed by atoms with Crippen molar-refractivity contribution < 1.29 is 4.79 Å². The molecule has 0 saturated carbocycles. The molecule has 0 bridgehead atoms. The minimum Gasteiger partial charge on any atom is -0.367 e. The highest BCUT2D eigenvalue weighted by Gasteiger charge is 2.33. The summed E-state index contributed by atoms with van der Waals surface area (Å²) in [5.41, 5.74) is 3.33. The van der Waals surface area contributed by atoms with Gasteiger partial charge in [0.1, 0.15) is 6.04 Å². The molecule has 2 atom stereocenters. The Morgan fingerprint density at radius 2 is 2.09 bits per heavy atom. The molecule has 0 spiro atoms. The number of hydrogen-bond acceptors (Lipinski definition) is 3. The Labute approximate surface area is 135 Å². The molecular formula is C17H20ClN3O. The molecule has 0 radical (unpaired) electrons. The quantitative estimate of drug-likeness (QED) is 0.911. The van der Waals surface area contributed by atoms with Crippen LogP contribution < -0.4 is 15.1 Å². The van der Waals surface area contributed by atoms with Gasteiger partial charge >= 0.3 is 0 Å². The van der Waals surface area contributed by atoms with Crippen molar-refractivity contribution in [2.24, 2.45) is 0 Å². The van der Waals surface area contributed by atoms with Gasteiger partial charge in [-0.2, -0.15) is 0 Å². The number of hydrogen-bond donors (Lipinski definition) is 1. The van der Waals surface area contributed by atoms with Crippen molar-refractivity contribution in [1.82, 2.24) is 5.32 Å². The molecule has 1 amide bonds. The third kappa shape index (κ3) is 2.09. The van der Waals surface area contributed by atoms with Gasteiger partial charge in [0.15, 0.2) is 0 Å². The third-order valence-corrected chi connectivity index (χ3v) is 5.33. The minimum absolute atomic E-state index is 0.0634. The lowest BCUT2D eigenvalue weighted by molar-refractivity contribution is -0.120. The van der Waals surface area contributed by atoms with Gasteiger partial charge in [-0.1, -0.05) is 23.8 Å². The summed E-state index contributed by atoms with van der Waals surface area (Å²) in [6, 6.07) is 4.68. The predicted octanol–water partition coefficient (Wildman–Crippen LogP) is 2.66. The fourth-order valence-corrected chi connectivity index (χ4v) is 3.89. The number of halogens is 1. The molecule has 0 aromatic heterocycles. The standard InChI is InChI=1S/C17H20ClN3O/c1-11-5-8-20(11)16-10-15-12(9-13(16)18)3-2-7-21(15)14-4-6-19-17(14)22/h2-3,9-11,14H,4-8H2,1H3,(H,19,22)/t11-,14-/m0/s1. The molecule has 3 aliphatic heterocycles. The number of benzene rings is 1. The molecule has 0 aliphatic carbocycles. The molecule has 4 rings (SSSR count). The Bertz CT molecular complexity index is 658. The first-order chi connectivity index (χ1) is 10.6. The summed E-state index contributed by atoms with van der Waals surface area (Å²) in [7, 11) is 0. The van der Waals surface area contributed by atoms with Crippen LogP contribution in [0.25, 0.3) is 6.08 Å². The molecule has 5 heteroatoms. The molecule has 3 aliphatic rings. The maximum Gasteiger partial charge on any atom is 0.242 e. The molecule has 0 unspecified atom stereocenters. The second-order valence-corrected chi connectivity index (χ2v) is 6.75. The van der Waals surface area contributed by atoms with Crippen LogP contribution in [0.4, 0.5) is 11.4 Å². The lowest BCUT2D eigenvalue weighted by atomic mass is 10.00. The highest BCUT2D eigenvalue weighted by Crippen LogP contribution is 2.40. The number of nitrogens with one attached hydrogen (secondary N) is 1. The molecule has 2 saturated heterocycles. The van der Waals surface area contributed by atoms with Crippen LogP contribution in [0.3, 0.4) is 0 Å². The first-order valence-electron chi connectivity index (χ1n) is 7.96. The van der Waals surface area contributed by atoms with Gasteiger partial charge < -0.3 is 15.1 Å². The molecule has 1 aromatic carbocycles. The zero-order chi connectivity index (χ0) is 15.3. The van der Waals surface area contributed by atoms with E-state index in [0.29, 0.717) is 6.04 Å². The van der Waals surface area contributed by atoms with Crippen LogP contribution >= 0.6 is 11.6 Å². The first kappa shape index (κ1) is 13.9. The molecule has 1 aromatic rings. The Morgan fingerprint density at radius 1 is 1.23 bits per heavy atom. The fraction of sp³-hybridized carbons (Fsp3) is 0.471. The number of nitrogens with zero attached hydrogens (tertiary/aromatic N) is 2. The molecule has 116 valence electrons. The van der Waals surface area contributed by atoms with Crippen molar-refractivity contribution in [3.63, 3.8) is 0 Å². The van der Waals surface area contributed by atoms with Crippen LogP contribution in [0.1, 0.15) is 25.3 Å². The van der Waals surface area contributed by atoms with Gasteiger partial charge in [0.05, 0.1) is 10.7 Å². The van der Waals surface area contributed by atoms with Crippen molar-refractivity contribution in [3.05, 3.63) is 28.8 Å². The topological polar surface area (TPSA) is 35.6 Å². The highest BCUT2D eigenvalue weighted by atomic mass is 35.5. The number of amides is 1. The van der Waals surface area contributed by atoms with Gasteiger partial charge in [0.25, 0.3) is 0 Å². The van der Waals surface area contributed by atoms with Gasteiger partial charge in [-0.3, -0.25) is 4.79 Å². The fourth-order valence-electron chi connectivity index (χ4n) is 3.61. The second kappa shape index (κ2) is 5.20. The highest BCUT2D eigenvalue weighted by molar-refractivity contribution is 6.33. The summed E-state index contributed by atoms with van der Waals surface area (Å²) >= 11 is 6.50. The van der Waals surface area contributed by atoms with E-state index in [0.717, 1.165) is 48.0 Å². The van der Waals surface area contributed by atoms with Crippen LogP contribution in [-0.2, 0) is 4.79 Å². The van der Waals surface area contributed by atoms with Gasteiger partial charge in [-0.05, 0) is 37.5 Å². The molecule has 3 heterocycles. The van der Waals surface area contributed by atoms with E-state index in [1.54, 1.807) is 0 Å². The number of rotatable bonds is 2. The van der Waals surface area contributed by atoms with E-state index in [1.807, 2.05) is 6.07 Å². The zero-order valence-corrected chi connectivity index (χ0v) is 13.4. The molecule has 1 N–H and O–H groups in total. The SMILES string of the molecule is C[C@H]1CCN1c1cc2c(cc1Cl)C=CCN2[C@H]1CCNC1=O. The van der Waals surface area contributed by atoms with E-state index in [2.05, 4.69) is 40.3 Å². The van der Waals surface area contributed by atoms with Crippen LogP contribution in [-0.4, -0.2) is 37.6 Å². The largest absolute Gasteiger partial charge is 0.367 e. The van der Waals surface area contributed by atoms with Crippen LogP contribution in [0, 0.1) is 0 Å². The van der Waals surface area contributed by atoms with Crippen molar-refractivity contribution >= 4 is 35.0 Å². The monoisotopic (exact) mass is 317 g/mol. The van der Waals surface area contributed by atoms with Crippen LogP contribution in [0.2, 0.25) is 5.02 Å². The number of carbonyl (C=O) groups is 1. The number of carbonyl (C=O) groups excluding carboxylic acids is 1. The van der Waals surface area contributed by atoms with Gasteiger partial charge in [-0.25, -0.2) is 0 Å². The smallest absolute Gasteiger partial charge is 0.242 e. The number of anilines is 2. The molecule has 2 fully saturated rings. The summed E-state index contributed by atoms with van der Waals surface area (Å²) in [6.45, 7) is 4.82. The summed E-state index contributed by atoms with van der Waals surface area (Å²) in [5.74, 6) is 0.134. The average molecular weight is 318 g/mol. The lowest BCUT2D eigenvalue weighted by Gasteiger charge is -2.42. The van der Waals surface area contributed by atoms with E-state index in [-0.39, 0.29) is 11.9 Å². The van der Waals surface area contributed by atoms with Crippen LogP contribution in [0.15, 0.2) is 18.2 Å². The molecule has 22 heavy (non-hydrogen) atoms. The lowest BCUT2D eigenvalue weighted by Crippen LogP contribution is -2.46. The van der Waals surface area contributed by atoms with Crippen molar-refractivity contribution in [1.29, 1.82) is 0 Å². The van der Waals surface area contributed by atoms with Crippen LogP contribution in [0.5, 0.6) is 0 Å². The summed E-state index contributed by atoms with van der Waals surface area (Å²) in [6.07, 6.45) is 6.29. The van der Waals surface area contributed by atoms with Crippen molar-refractivity contribution in [2.75, 3.05) is 29.4 Å². The molecule has 4 nitrogen and oxygen atoms in total. The summed E-state index contributed by atoms with van der Waals surface area (Å²) in [5, 5.41) is 3.73. The maximum atomic E-state index is 12.1. The normalized spacial score (nSPS) is 26.7. The van der Waals surface area contributed by atoms with E-state index in [1.165, 1.54) is 6.42 Å². The van der Waals surface area contributed by atoms with Crippen molar-refractivity contribution in [2.45, 2.75) is 31.8 Å². The predicted molar refractivity (Wildman–Crippen MR) is 90.7 cm³/mol. The van der Waals surface area contributed by atoms with Gasteiger partial charge in [0.2, 0.25) is 5.91 Å². The Morgan fingerprint density at radius 3 is 2.73 bits per heavy atom. The van der Waals surface area contributed by atoms with E-state index >= 15 is 0 Å². The summed E-state index contributed by atoms with van der Waals surface area (Å²) < 4.78 is 0. The maximum absolute atomic E-state index is 12.1.